The van der Waals surface area contributed by atoms with Crippen molar-refractivity contribution in [1.29, 1.82) is 0 Å². The Morgan fingerprint density at radius 3 is 2.80 bits per heavy atom. The first kappa shape index (κ1) is 14.1. The molecule has 0 radical (unpaired) electrons. The Kier molecular flexibility index (Phi) is 4.11. The average Bonchev–Trinajstić information content (AvgIpc) is 2.49. The maximum atomic E-state index is 5.77. The molecule has 0 saturated carbocycles. The third-order valence-corrected chi connectivity index (χ3v) is 4.88. The highest BCUT2D eigenvalue weighted by molar-refractivity contribution is 5.20. The Morgan fingerprint density at radius 1 is 1.30 bits per heavy atom. The monoisotopic (exact) mass is 274 g/mol. The highest BCUT2D eigenvalue weighted by Crippen LogP contribution is 2.32. The van der Waals surface area contributed by atoms with Gasteiger partial charge in [0, 0.05) is 37.3 Å². The van der Waals surface area contributed by atoms with Crippen LogP contribution in [0.3, 0.4) is 0 Å². The van der Waals surface area contributed by atoms with Gasteiger partial charge in [0.05, 0.1) is 6.61 Å². The van der Waals surface area contributed by atoms with Gasteiger partial charge in [-0.25, -0.2) is 0 Å². The van der Waals surface area contributed by atoms with Crippen LogP contribution < -0.4 is 5.32 Å². The SMILES string of the molecule is CC1CNC(c2ccccc2)CN1C1(C)CCCOC1. The van der Waals surface area contributed by atoms with E-state index in [-0.39, 0.29) is 5.54 Å². The van der Waals surface area contributed by atoms with E-state index in [9.17, 15) is 0 Å². The summed E-state index contributed by atoms with van der Waals surface area (Å²) >= 11 is 0. The lowest BCUT2D eigenvalue weighted by atomic mass is 9.88. The van der Waals surface area contributed by atoms with Gasteiger partial charge in [0.15, 0.2) is 0 Å². The second-order valence-electron chi connectivity index (χ2n) is 6.53. The average molecular weight is 274 g/mol. The van der Waals surface area contributed by atoms with Crippen LogP contribution in [0.15, 0.2) is 30.3 Å². The number of rotatable bonds is 2. The zero-order valence-corrected chi connectivity index (χ0v) is 12.6. The molecule has 20 heavy (non-hydrogen) atoms. The standard InChI is InChI=1S/C17H26N2O/c1-14-11-18-16(15-7-4-3-5-8-15)12-19(14)17(2)9-6-10-20-13-17/h3-5,7-8,14,16,18H,6,9-13H2,1-2H3. The van der Waals surface area contributed by atoms with Crippen LogP contribution in [-0.4, -0.2) is 42.8 Å². The van der Waals surface area contributed by atoms with E-state index in [1.165, 1.54) is 18.4 Å². The van der Waals surface area contributed by atoms with Crippen LogP contribution in [0, 0.1) is 0 Å². The molecule has 3 rings (SSSR count). The van der Waals surface area contributed by atoms with Gasteiger partial charge in [0.1, 0.15) is 0 Å². The van der Waals surface area contributed by atoms with Gasteiger partial charge < -0.3 is 10.1 Å². The fraction of sp³-hybridized carbons (Fsp3) is 0.647. The number of hydrogen-bond donors (Lipinski definition) is 1. The van der Waals surface area contributed by atoms with Gasteiger partial charge in [-0.2, -0.15) is 0 Å². The van der Waals surface area contributed by atoms with Crippen LogP contribution in [-0.2, 0) is 4.74 Å². The van der Waals surface area contributed by atoms with Gasteiger partial charge in [0.2, 0.25) is 0 Å². The van der Waals surface area contributed by atoms with Crippen molar-refractivity contribution in [2.24, 2.45) is 0 Å². The predicted octanol–water partition coefficient (Wildman–Crippen LogP) is 2.59. The van der Waals surface area contributed by atoms with Crippen molar-refractivity contribution in [2.45, 2.75) is 44.3 Å². The Balaban J connectivity index is 1.76. The van der Waals surface area contributed by atoms with E-state index in [2.05, 4.69) is 54.4 Å². The summed E-state index contributed by atoms with van der Waals surface area (Å²) in [6.45, 7) is 8.63. The van der Waals surface area contributed by atoms with Crippen LogP contribution in [0.1, 0.15) is 38.3 Å². The first-order valence-electron chi connectivity index (χ1n) is 7.82. The molecule has 2 fully saturated rings. The van der Waals surface area contributed by atoms with Crippen molar-refractivity contribution >= 4 is 0 Å². The molecule has 0 bridgehead atoms. The lowest BCUT2D eigenvalue weighted by molar-refractivity contribution is -0.0682. The molecule has 0 spiro atoms. The van der Waals surface area contributed by atoms with Crippen molar-refractivity contribution in [1.82, 2.24) is 10.2 Å². The zero-order chi connectivity index (χ0) is 14.0. The summed E-state index contributed by atoms with van der Waals surface area (Å²) in [5.41, 5.74) is 1.59. The molecular weight excluding hydrogens is 248 g/mol. The number of hydrogen-bond acceptors (Lipinski definition) is 3. The summed E-state index contributed by atoms with van der Waals surface area (Å²) in [4.78, 5) is 2.67. The van der Waals surface area contributed by atoms with Gasteiger partial charge in [0.25, 0.3) is 0 Å². The van der Waals surface area contributed by atoms with E-state index in [0.29, 0.717) is 12.1 Å². The molecule has 3 atom stereocenters. The van der Waals surface area contributed by atoms with E-state index in [0.717, 1.165) is 26.3 Å². The predicted molar refractivity (Wildman–Crippen MR) is 81.8 cm³/mol. The lowest BCUT2D eigenvalue weighted by Crippen LogP contribution is -2.62. The minimum atomic E-state index is 0.201. The fourth-order valence-corrected chi connectivity index (χ4v) is 3.67. The molecule has 0 aliphatic carbocycles. The zero-order valence-electron chi connectivity index (χ0n) is 12.6. The molecule has 110 valence electrons. The third-order valence-electron chi connectivity index (χ3n) is 4.88. The van der Waals surface area contributed by atoms with Gasteiger partial charge in [-0.3, -0.25) is 4.90 Å². The molecule has 2 saturated heterocycles. The molecule has 2 aliphatic rings. The molecule has 3 heteroatoms. The quantitative estimate of drug-likeness (QED) is 0.897. The Hall–Kier alpha value is -0.900. The summed E-state index contributed by atoms with van der Waals surface area (Å²) in [7, 11) is 0. The summed E-state index contributed by atoms with van der Waals surface area (Å²) < 4.78 is 5.77. The van der Waals surface area contributed by atoms with Gasteiger partial charge in [-0.15, -0.1) is 0 Å². The molecule has 0 aromatic heterocycles. The van der Waals surface area contributed by atoms with Crippen LogP contribution in [0.25, 0.3) is 0 Å². The largest absolute Gasteiger partial charge is 0.380 e. The van der Waals surface area contributed by atoms with Crippen LogP contribution in [0.2, 0.25) is 0 Å². The van der Waals surface area contributed by atoms with Crippen LogP contribution in [0.4, 0.5) is 0 Å². The molecule has 0 amide bonds. The second-order valence-corrected chi connectivity index (χ2v) is 6.53. The fourth-order valence-electron chi connectivity index (χ4n) is 3.67. The minimum Gasteiger partial charge on any atom is -0.380 e. The highest BCUT2D eigenvalue weighted by atomic mass is 16.5. The second kappa shape index (κ2) is 5.84. The summed E-state index contributed by atoms with van der Waals surface area (Å²) in [6, 6.07) is 11.8. The molecule has 3 nitrogen and oxygen atoms in total. The Morgan fingerprint density at radius 2 is 2.10 bits per heavy atom. The molecule has 2 heterocycles. The van der Waals surface area contributed by atoms with E-state index in [1.54, 1.807) is 0 Å². The van der Waals surface area contributed by atoms with E-state index in [4.69, 9.17) is 4.74 Å². The van der Waals surface area contributed by atoms with E-state index < -0.39 is 0 Å². The number of nitrogens with one attached hydrogen (secondary N) is 1. The molecule has 2 aliphatic heterocycles. The first-order valence-corrected chi connectivity index (χ1v) is 7.82. The lowest BCUT2D eigenvalue weighted by Gasteiger charge is -2.51. The number of piperazine rings is 1. The molecule has 1 aromatic rings. The van der Waals surface area contributed by atoms with Gasteiger partial charge in [-0.05, 0) is 32.3 Å². The number of benzene rings is 1. The molecule has 3 unspecified atom stereocenters. The smallest absolute Gasteiger partial charge is 0.0647 e. The Labute approximate surface area is 122 Å². The maximum absolute atomic E-state index is 5.77. The van der Waals surface area contributed by atoms with Crippen molar-refractivity contribution in [2.75, 3.05) is 26.3 Å². The van der Waals surface area contributed by atoms with Crippen LogP contribution >= 0.6 is 0 Å². The summed E-state index contributed by atoms with van der Waals surface area (Å²) in [5, 5.41) is 3.69. The van der Waals surface area contributed by atoms with Crippen molar-refractivity contribution in [3.8, 4) is 0 Å². The minimum absolute atomic E-state index is 0.201. The highest BCUT2D eigenvalue weighted by Gasteiger charge is 2.40. The van der Waals surface area contributed by atoms with Crippen LogP contribution in [0.5, 0.6) is 0 Å². The maximum Gasteiger partial charge on any atom is 0.0647 e. The van der Waals surface area contributed by atoms with Crippen molar-refractivity contribution < 1.29 is 4.74 Å². The van der Waals surface area contributed by atoms with Gasteiger partial charge in [-0.1, -0.05) is 30.3 Å². The number of ether oxygens (including phenoxy) is 1. The summed E-state index contributed by atoms with van der Waals surface area (Å²) in [6.07, 6.45) is 2.43. The molecule has 1 aromatic carbocycles. The molecule has 1 N–H and O–H groups in total. The molecular formula is C17H26N2O. The number of nitrogens with zero attached hydrogens (tertiary/aromatic N) is 1. The first-order chi connectivity index (χ1) is 9.69. The third kappa shape index (κ3) is 2.76. The Bertz CT molecular complexity index is 428. The van der Waals surface area contributed by atoms with Crippen molar-refractivity contribution in [3.63, 3.8) is 0 Å². The summed E-state index contributed by atoms with van der Waals surface area (Å²) in [5.74, 6) is 0. The van der Waals surface area contributed by atoms with Gasteiger partial charge >= 0.3 is 0 Å². The van der Waals surface area contributed by atoms with Crippen molar-refractivity contribution in [3.05, 3.63) is 35.9 Å². The normalized spacial score (nSPS) is 35.9. The van der Waals surface area contributed by atoms with E-state index in [1.807, 2.05) is 0 Å². The van der Waals surface area contributed by atoms with E-state index >= 15 is 0 Å². The topological polar surface area (TPSA) is 24.5 Å².